The summed E-state index contributed by atoms with van der Waals surface area (Å²) in [5, 5.41) is 0. The Hall–Kier alpha value is -7.11. The first-order valence-corrected chi connectivity index (χ1v) is 25.5. The SMILES string of the molecule is O=C([O][Ti]1([O]C(=O)C(c2ccccc2)(c2ccccc2)c2ccccc2)[CH]2C(=Cc3ccccc32)CCC2=Cc3ccccc3[CH]21)C(c1ccccc1)(c1ccccc1)c1ccccc1. The summed E-state index contributed by atoms with van der Waals surface area (Å²) in [7, 11) is 0. The fraction of sp³-hybridized carbons (Fsp3) is 0.100. The van der Waals surface area contributed by atoms with Crippen LogP contribution in [-0.2, 0) is 44.4 Å². The summed E-state index contributed by atoms with van der Waals surface area (Å²) in [5.74, 6) is -0.930. The monoisotopic (exact) mass is 878 g/mol. The van der Waals surface area contributed by atoms with Crippen molar-refractivity contribution in [2.75, 3.05) is 0 Å². The molecule has 8 aromatic carbocycles. The molecule has 1 fully saturated rings. The van der Waals surface area contributed by atoms with E-state index in [2.05, 4.69) is 60.7 Å². The summed E-state index contributed by atoms with van der Waals surface area (Å²) < 4.78 is 14.9. The molecule has 3 aliphatic rings. The van der Waals surface area contributed by atoms with Crippen LogP contribution in [-0.4, -0.2) is 11.9 Å². The van der Waals surface area contributed by atoms with Gasteiger partial charge in [-0.3, -0.25) is 0 Å². The molecule has 0 radical (unpaired) electrons. The van der Waals surface area contributed by atoms with E-state index in [0.29, 0.717) is 0 Å². The van der Waals surface area contributed by atoms with Gasteiger partial charge < -0.3 is 0 Å². The zero-order chi connectivity index (χ0) is 43.9. The van der Waals surface area contributed by atoms with Crippen LogP contribution in [0.4, 0.5) is 0 Å². The molecule has 4 nitrogen and oxygen atoms in total. The van der Waals surface area contributed by atoms with Crippen LogP contribution in [0.2, 0.25) is 0 Å². The van der Waals surface area contributed by atoms with Crippen molar-refractivity contribution in [2.24, 2.45) is 0 Å². The molecule has 0 aromatic heterocycles. The number of hydrogen-bond acceptors (Lipinski definition) is 4. The molecule has 0 amide bonds. The quantitative estimate of drug-likeness (QED) is 0.101. The summed E-state index contributed by atoms with van der Waals surface area (Å²) in [6.45, 7) is 0. The molecule has 0 spiro atoms. The van der Waals surface area contributed by atoms with Crippen molar-refractivity contribution < 1.29 is 33.6 Å². The van der Waals surface area contributed by atoms with E-state index >= 15 is 9.59 Å². The number of fused-ring (bicyclic) bond motifs is 6. The van der Waals surface area contributed by atoms with Gasteiger partial charge in [-0.15, -0.1) is 0 Å². The molecule has 2 atom stereocenters. The van der Waals surface area contributed by atoms with E-state index < -0.39 is 48.6 Å². The average molecular weight is 879 g/mol. The Kier molecular flexibility index (Phi) is 10.5. The Labute approximate surface area is 384 Å². The van der Waals surface area contributed by atoms with E-state index in [9.17, 15) is 0 Å². The predicted octanol–water partition coefficient (Wildman–Crippen LogP) is 13.2. The van der Waals surface area contributed by atoms with Gasteiger partial charge in [0, 0.05) is 0 Å². The van der Waals surface area contributed by atoms with E-state index in [0.717, 1.165) is 79.6 Å². The molecule has 1 saturated heterocycles. The average Bonchev–Trinajstić information content (AvgIpc) is 3.91. The van der Waals surface area contributed by atoms with Gasteiger partial charge in [-0.25, -0.2) is 0 Å². The second kappa shape index (κ2) is 16.8. The van der Waals surface area contributed by atoms with Crippen LogP contribution in [0.1, 0.15) is 76.9 Å². The summed E-state index contributed by atoms with van der Waals surface area (Å²) in [6.07, 6.45) is 6.01. The van der Waals surface area contributed by atoms with Crippen molar-refractivity contribution in [2.45, 2.75) is 32.1 Å². The molecule has 2 aliphatic carbocycles. The van der Waals surface area contributed by atoms with Gasteiger partial charge in [0.15, 0.2) is 0 Å². The molecule has 5 heteroatoms. The number of allylic oxidation sites excluding steroid dienone is 2. The standard InChI is InChI=1S/2C20H16O2.C20H16.Ti/c2*21-19(22)20(16-10-4-1-5-11-16,17-12-6-2-7-13-17)18-14-8-3-9-15-18;1-2-6-18-12-15(11-17(18)5-1)9-10-16-13-19-7-3-4-8-20(19)14-16;/h2*1-15H,(H,21,22);1-8,11-14H,9-10H2;/q;;;+2/p-2. The number of carbonyl (C=O) groups excluding carboxylic acids is 2. The summed E-state index contributed by atoms with van der Waals surface area (Å²) in [6, 6.07) is 76.4. The van der Waals surface area contributed by atoms with Crippen LogP contribution >= 0.6 is 0 Å². The zero-order valence-electron chi connectivity index (χ0n) is 35.8. The topological polar surface area (TPSA) is 52.6 Å². The van der Waals surface area contributed by atoms with Crippen molar-refractivity contribution >= 4 is 24.1 Å². The van der Waals surface area contributed by atoms with Gasteiger partial charge in [-0.1, -0.05) is 0 Å². The number of hydrogen-bond donors (Lipinski definition) is 0. The summed E-state index contributed by atoms with van der Waals surface area (Å²) >= 11 is -5.36. The third-order valence-corrected chi connectivity index (χ3v) is 20.1. The molecule has 65 heavy (non-hydrogen) atoms. The van der Waals surface area contributed by atoms with Crippen molar-refractivity contribution in [1.29, 1.82) is 0 Å². The Morgan fingerprint density at radius 2 is 0.600 bits per heavy atom. The normalized spacial score (nSPS) is 16.9. The van der Waals surface area contributed by atoms with Crippen LogP contribution in [0, 0.1) is 0 Å². The van der Waals surface area contributed by atoms with Crippen molar-refractivity contribution in [3.8, 4) is 0 Å². The Balaban J connectivity index is 1.24. The third kappa shape index (κ3) is 6.54. The van der Waals surface area contributed by atoms with Gasteiger partial charge in [-0.2, -0.15) is 0 Å². The van der Waals surface area contributed by atoms with E-state index in [1.165, 1.54) is 0 Å². The summed E-state index contributed by atoms with van der Waals surface area (Å²) in [4.78, 5) is 33.8. The number of benzene rings is 8. The van der Waals surface area contributed by atoms with Crippen LogP contribution in [0.5, 0.6) is 0 Å². The first kappa shape index (κ1) is 40.7. The fourth-order valence-electron chi connectivity index (χ4n) is 11.2. The molecule has 2 unspecified atom stereocenters. The van der Waals surface area contributed by atoms with E-state index in [-0.39, 0.29) is 0 Å². The molecule has 1 aliphatic heterocycles. The molecular weight excluding hydrogens is 833 g/mol. The molecule has 314 valence electrons. The molecular formula is C60H46O4Ti. The van der Waals surface area contributed by atoms with Gasteiger partial charge in [0.2, 0.25) is 0 Å². The van der Waals surface area contributed by atoms with E-state index in [1.54, 1.807) is 0 Å². The molecule has 0 N–H and O–H groups in total. The number of carbonyl (C=O) groups is 2. The first-order valence-electron chi connectivity index (χ1n) is 22.4. The van der Waals surface area contributed by atoms with Crippen LogP contribution in [0.15, 0.2) is 242 Å². The minimum atomic E-state index is -5.36. The predicted molar refractivity (Wildman–Crippen MR) is 254 cm³/mol. The first-order chi connectivity index (χ1) is 32.0. The molecule has 1 heterocycles. The second-order valence-corrected chi connectivity index (χ2v) is 22.0. The minimum absolute atomic E-state index is 0.465. The van der Waals surface area contributed by atoms with Crippen molar-refractivity contribution in [3.05, 3.63) is 297 Å². The molecule has 0 bridgehead atoms. The Morgan fingerprint density at radius 1 is 0.354 bits per heavy atom. The van der Waals surface area contributed by atoms with Crippen molar-refractivity contribution in [1.82, 2.24) is 0 Å². The van der Waals surface area contributed by atoms with Gasteiger partial charge >= 0.3 is 387 Å². The maximum absolute atomic E-state index is 16.9. The maximum atomic E-state index is 16.9. The van der Waals surface area contributed by atoms with Crippen molar-refractivity contribution in [3.63, 3.8) is 0 Å². The van der Waals surface area contributed by atoms with Gasteiger partial charge in [0.05, 0.1) is 0 Å². The third-order valence-electron chi connectivity index (χ3n) is 13.9. The second-order valence-electron chi connectivity index (χ2n) is 17.3. The molecule has 0 saturated carbocycles. The van der Waals surface area contributed by atoms with E-state index in [4.69, 9.17) is 6.64 Å². The van der Waals surface area contributed by atoms with Gasteiger partial charge in [-0.05, 0) is 0 Å². The Bertz CT molecular complexity index is 2670. The fourth-order valence-corrected chi connectivity index (χ4v) is 18.4. The zero-order valence-corrected chi connectivity index (χ0v) is 37.4. The van der Waals surface area contributed by atoms with Crippen LogP contribution < -0.4 is 0 Å². The van der Waals surface area contributed by atoms with E-state index in [1.807, 2.05) is 182 Å². The van der Waals surface area contributed by atoms with Gasteiger partial charge in [0.25, 0.3) is 0 Å². The van der Waals surface area contributed by atoms with Gasteiger partial charge in [0.1, 0.15) is 0 Å². The van der Waals surface area contributed by atoms with Crippen LogP contribution in [0.3, 0.4) is 0 Å². The number of rotatable bonds is 10. The summed E-state index contributed by atoms with van der Waals surface area (Å²) in [5.41, 5.74) is 8.14. The Morgan fingerprint density at radius 3 is 0.877 bits per heavy atom. The molecule has 8 aromatic rings. The molecule has 11 rings (SSSR count). The van der Waals surface area contributed by atoms with Crippen LogP contribution in [0.25, 0.3) is 12.2 Å².